The van der Waals surface area contributed by atoms with E-state index in [1.807, 2.05) is 0 Å². The van der Waals surface area contributed by atoms with Gasteiger partial charge < -0.3 is 10.8 Å². The zero-order valence-corrected chi connectivity index (χ0v) is 10.1. The summed E-state index contributed by atoms with van der Waals surface area (Å²) in [6.45, 7) is 4.46. The minimum atomic E-state index is -0.756. The van der Waals surface area contributed by atoms with Gasteiger partial charge in [-0.3, -0.25) is 4.79 Å². The van der Waals surface area contributed by atoms with Crippen LogP contribution >= 0.6 is 12.4 Å². The lowest BCUT2D eigenvalue weighted by Gasteiger charge is -2.64. The molecular weight excluding hydrogens is 214 g/mol. The number of carbonyl (C=O) groups is 1. The van der Waals surface area contributed by atoms with E-state index < -0.39 is 11.5 Å². The quantitative estimate of drug-likeness (QED) is 0.767. The topological polar surface area (TPSA) is 63.3 Å². The van der Waals surface area contributed by atoms with Crippen molar-refractivity contribution in [2.24, 2.45) is 23.0 Å². The zero-order chi connectivity index (χ0) is 10.6. The highest BCUT2D eigenvalue weighted by Crippen LogP contribution is 2.62. The third kappa shape index (κ3) is 1.76. The van der Waals surface area contributed by atoms with Crippen molar-refractivity contribution >= 4 is 18.4 Å². The molecule has 0 aliphatic heterocycles. The Balaban J connectivity index is 0.00000112. The van der Waals surface area contributed by atoms with Gasteiger partial charge in [0.25, 0.3) is 0 Å². The fourth-order valence-electron chi connectivity index (χ4n) is 3.59. The van der Waals surface area contributed by atoms with Crippen LogP contribution in [-0.2, 0) is 4.79 Å². The average Bonchev–Trinajstić information content (AvgIpc) is 2.00. The first-order chi connectivity index (χ1) is 6.36. The van der Waals surface area contributed by atoms with Gasteiger partial charge in [-0.05, 0) is 36.5 Å². The second-order valence-corrected chi connectivity index (χ2v) is 5.65. The number of nitrogens with two attached hydrogens (primary N) is 1. The molecule has 0 amide bonds. The molecule has 0 aromatic carbocycles. The van der Waals surface area contributed by atoms with Gasteiger partial charge in [0.15, 0.2) is 0 Å². The molecule has 0 heterocycles. The van der Waals surface area contributed by atoms with E-state index in [9.17, 15) is 4.79 Å². The van der Waals surface area contributed by atoms with Crippen molar-refractivity contribution in [1.82, 2.24) is 0 Å². The summed E-state index contributed by atoms with van der Waals surface area (Å²) in [7, 11) is 0. The Labute approximate surface area is 96.8 Å². The standard InChI is InChI=1S/C11H19NO2.ClH/c1-10(2)7-3-4-11(12,6-9(13)14)8(10)5-7;/h7-8H,3-6,12H2,1-2H3,(H,13,14);1H/t7-,8+,11-;/m0./s1. The Morgan fingerprint density at radius 2 is 2.13 bits per heavy atom. The summed E-state index contributed by atoms with van der Waals surface area (Å²) in [6, 6.07) is 0. The molecule has 3 fully saturated rings. The van der Waals surface area contributed by atoms with E-state index in [4.69, 9.17) is 10.8 Å². The van der Waals surface area contributed by atoms with Gasteiger partial charge in [0.2, 0.25) is 0 Å². The molecule has 15 heavy (non-hydrogen) atoms. The fourth-order valence-corrected chi connectivity index (χ4v) is 3.59. The van der Waals surface area contributed by atoms with Gasteiger partial charge in [0, 0.05) is 5.54 Å². The molecule has 0 radical (unpaired) electrons. The molecule has 3 N–H and O–H groups in total. The van der Waals surface area contributed by atoms with Crippen molar-refractivity contribution in [2.45, 2.75) is 45.1 Å². The largest absolute Gasteiger partial charge is 0.481 e. The number of aliphatic carboxylic acids is 1. The van der Waals surface area contributed by atoms with Crippen molar-refractivity contribution < 1.29 is 9.90 Å². The summed E-state index contributed by atoms with van der Waals surface area (Å²) in [5.41, 5.74) is 6.06. The van der Waals surface area contributed by atoms with Crippen LogP contribution in [0.2, 0.25) is 0 Å². The van der Waals surface area contributed by atoms with Crippen LogP contribution in [0.4, 0.5) is 0 Å². The molecule has 4 heteroatoms. The van der Waals surface area contributed by atoms with E-state index >= 15 is 0 Å². The summed E-state index contributed by atoms with van der Waals surface area (Å²) >= 11 is 0. The monoisotopic (exact) mass is 233 g/mol. The van der Waals surface area contributed by atoms with Crippen molar-refractivity contribution in [3.8, 4) is 0 Å². The van der Waals surface area contributed by atoms with Gasteiger partial charge in [-0.2, -0.15) is 0 Å². The number of carboxylic acids is 1. The third-order valence-electron chi connectivity index (χ3n) is 4.60. The average molecular weight is 234 g/mol. The Hall–Kier alpha value is -0.280. The minimum Gasteiger partial charge on any atom is -0.481 e. The van der Waals surface area contributed by atoms with Crippen LogP contribution in [0.15, 0.2) is 0 Å². The van der Waals surface area contributed by atoms with Gasteiger partial charge in [0.05, 0.1) is 6.42 Å². The summed E-state index contributed by atoms with van der Waals surface area (Å²) in [6.07, 6.45) is 3.26. The first-order valence-corrected chi connectivity index (χ1v) is 5.37. The number of hydrogen-bond donors (Lipinski definition) is 2. The highest BCUT2D eigenvalue weighted by Gasteiger charge is 2.59. The van der Waals surface area contributed by atoms with Crippen LogP contribution in [0.1, 0.15) is 39.5 Å². The van der Waals surface area contributed by atoms with Gasteiger partial charge in [-0.1, -0.05) is 13.8 Å². The summed E-state index contributed by atoms with van der Waals surface area (Å²) in [5, 5.41) is 8.86. The smallest absolute Gasteiger partial charge is 0.305 e. The second-order valence-electron chi connectivity index (χ2n) is 5.65. The maximum atomic E-state index is 10.8. The lowest BCUT2D eigenvalue weighted by molar-refractivity contribution is -0.150. The first kappa shape index (κ1) is 12.8. The van der Waals surface area contributed by atoms with Gasteiger partial charge in [-0.25, -0.2) is 0 Å². The van der Waals surface area contributed by atoms with Gasteiger partial charge in [0.1, 0.15) is 0 Å². The van der Waals surface area contributed by atoms with E-state index in [1.54, 1.807) is 0 Å². The van der Waals surface area contributed by atoms with Crippen molar-refractivity contribution in [2.75, 3.05) is 0 Å². The molecule has 3 atom stereocenters. The van der Waals surface area contributed by atoms with Crippen LogP contribution < -0.4 is 5.73 Å². The Kier molecular flexibility index (Phi) is 3.10. The molecule has 0 spiro atoms. The SMILES string of the molecule is CC1(C)[C@H]2CC[C@](N)(CC(=O)O)[C@@H]1C2.Cl. The molecule has 0 aromatic heterocycles. The van der Waals surface area contributed by atoms with Crippen molar-refractivity contribution in [1.29, 1.82) is 0 Å². The number of fused-ring (bicyclic) bond motifs is 2. The van der Waals surface area contributed by atoms with E-state index in [2.05, 4.69) is 13.8 Å². The van der Waals surface area contributed by atoms with E-state index in [0.29, 0.717) is 5.92 Å². The molecule has 3 nitrogen and oxygen atoms in total. The maximum absolute atomic E-state index is 10.8. The first-order valence-electron chi connectivity index (χ1n) is 5.37. The summed E-state index contributed by atoms with van der Waals surface area (Å²) in [5.74, 6) is 0.427. The molecule has 3 saturated carbocycles. The van der Waals surface area contributed by atoms with Crippen LogP contribution in [-0.4, -0.2) is 16.6 Å². The Bertz CT molecular complexity index is 278. The number of rotatable bonds is 2. The normalized spacial score (nSPS) is 41.3. The molecule has 3 aliphatic rings. The number of hydrogen-bond acceptors (Lipinski definition) is 2. The highest BCUT2D eigenvalue weighted by molar-refractivity contribution is 5.85. The number of halogens is 1. The minimum absolute atomic E-state index is 0. The lowest BCUT2D eigenvalue weighted by Crippen LogP contribution is -2.66. The molecule has 88 valence electrons. The molecular formula is C11H20ClNO2. The van der Waals surface area contributed by atoms with Crippen LogP contribution in [0.3, 0.4) is 0 Å². The van der Waals surface area contributed by atoms with Gasteiger partial charge in [-0.15, -0.1) is 12.4 Å². The molecule has 0 saturated heterocycles. The summed E-state index contributed by atoms with van der Waals surface area (Å²) in [4.78, 5) is 10.8. The highest BCUT2D eigenvalue weighted by atomic mass is 35.5. The Morgan fingerprint density at radius 3 is 2.53 bits per heavy atom. The summed E-state index contributed by atoms with van der Waals surface area (Å²) < 4.78 is 0. The molecule has 0 unspecified atom stereocenters. The van der Waals surface area contributed by atoms with E-state index in [-0.39, 0.29) is 24.2 Å². The molecule has 0 aromatic rings. The number of carboxylic acid groups (broad SMARTS) is 1. The van der Waals surface area contributed by atoms with E-state index in [0.717, 1.165) is 25.2 Å². The van der Waals surface area contributed by atoms with Crippen LogP contribution in [0.5, 0.6) is 0 Å². The van der Waals surface area contributed by atoms with Crippen molar-refractivity contribution in [3.05, 3.63) is 0 Å². The Morgan fingerprint density at radius 1 is 1.53 bits per heavy atom. The predicted molar refractivity (Wildman–Crippen MR) is 61.0 cm³/mol. The molecule has 2 bridgehead atoms. The van der Waals surface area contributed by atoms with E-state index in [1.165, 1.54) is 0 Å². The molecule has 3 aliphatic carbocycles. The van der Waals surface area contributed by atoms with Gasteiger partial charge >= 0.3 is 5.97 Å². The van der Waals surface area contributed by atoms with Crippen molar-refractivity contribution in [3.63, 3.8) is 0 Å². The zero-order valence-electron chi connectivity index (χ0n) is 9.32. The van der Waals surface area contributed by atoms with Crippen LogP contribution in [0.25, 0.3) is 0 Å². The fraction of sp³-hybridized carbons (Fsp3) is 0.909. The third-order valence-corrected chi connectivity index (χ3v) is 4.60. The molecule has 3 rings (SSSR count). The maximum Gasteiger partial charge on any atom is 0.305 e. The second kappa shape index (κ2) is 3.63. The van der Waals surface area contributed by atoms with Crippen LogP contribution in [0, 0.1) is 17.3 Å². The lowest BCUT2D eigenvalue weighted by atomic mass is 9.43. The predicted octanol–water partition coefficient (Wildman–Crippen LogP) is 2.04.